The van der Waals surface area contributed by atoms with Gasteiger partial charge >= 0.3 is 0 Å². The van der Waals surface area contributed by atoms with Crippen LogP contribution in [0.2, 0.25) is 0 Å². The number of nitrogens with zero attached hydrogens (tertiary/aromatic N) is 1. The molecule has 1 aromatic rings. The fraction of sp³-hybridized carbons (Fsp3) is 0.562. The lowest BCUT2D eigenvalue weighted by molar-refractivity contribution is -0.127. The molecule has 0 bridgehead atoms. The molecule has 21 heavy (non-hydrogen) atoms. The largest absolute Gasteiger partial charge is 0.497 e. The number of carbonyl (C=O) groups excluding carboxylic acids is 1. The molecule has 0 radical (unpaired) electrons. The Morgan fingerprint density at radius 1 is 1.33 bits per heavy atom. The molecule has 1 fully saturated rings. The number of benzene rings is 1. The Bertz CT molecular complexity index is 460. The minimum atomic E-state index is -0.618. The predicted molar refractivity (Wildman–Crippen MR) is 79.1 cm³/mol. The number of ether oxygens (including phenoxy) is 2. The molecule has 5 heteroatoms. The Hall–Kier alpha value is -1.59. The number of methoxy groups -OCH3 is 2. The second kappa shape index (κ2) is 7.43. The van der Waals surface area contributed by atoms with E-state index >= 15 is 0 Å². The van der Waals surface area contributed by atoms with Gasteiger partial charge in [0.15, 0.2) is 0 Å². The highest BCUT2D eigenvalue weighted by Crippen LogP contribution is 2.31. The molecular weight excluding hydrogens is 270 g/mol. The molecule has 0 spiro atoms. The maximum atomic E-state index is 12.0. The van der Waals surface area contributed by atoms with E-state index in [0.717, 1.165) is 17.7 Å². The molecule has 0 saturated carbocycles. The van der Waals surface area contributed by atoms with E-state index in [1.54, 1.807) is 14.2 Å². The number of aliphatic hydroxyl groups excluding tert-OH is 1. The van der Waals surface area contributed by atoms with Gasteiger partial charge in [0.1, 0.15) is 5.75 Å². The second-order valence-corrected chi connectivity index (χ2v) is 5.37. The molecule has 116 valence electrons. The van der Waals surface area contributed by atoms with Gasteiger partial charge in [-0.2, -0.15) is 0 Å². The molecule has 1 heterocycles. The topological polar surface area (TPSA) is 59.0 Å². The van der Waals surface area contributed by atoms with Crippen LogP contribution in [0.3, 0.4) is 0 Å². The van der Waals surface area contributed by atoms with E-state index < -0.39 is 6.10 Å². The minimum Gasteiger partial charge on any atom is -0.497 e. The van der Waals surface area contributed by atoms with Crippen molar-refractivity contribution in [1.29, 1.82) is 0 Å². The van der Waals surface area contributed by atoms with Gasteiger partial charge in [0, 0.05) is 39.1 Å². The van der Waals surface area contributed by atoms with Crippen molar-refractivity contribution in [2.24, 2.45) is 5.92 Å². The van der Waals surface area contributed by atoms with Crippen molar-refractivity contribution >= 4 is 5.91 Å². The number of amides is 1. The molecule has 1 aromatic carbocycles. The normalized spacial score (nSPS) is 19.9. The summed E-state index contributed by atoms with van der Waals surface area (Å²) < 4.78 is 10.1. The molecular formula is C16H23NO4. The predicted octanol–water partition coefficient (Wildman–Crippen LogP) is 1.61. The van der Waals surface area contributed by atoms with Crippen molar-refractivity contribution in [3.8, 4) is 5.75 Å². The molecule has 0 aromatic heterocycles. The zero-order valence-electron chi connectivity index (χ0n) is 12.6. The van der Waals surface area contributed by atoms with Crippen LogP contribution in [0.25, 0.3) is 0 Å². The first kappa shape index (κ1) is 15.8. The Kier molecular flexibility index (Phi) is 5.59. The molecule has 1 aliphatic rings. The zero-order valence-corrected chi connectivity index (χ0v) is 12.6. The number of carbonyl (C=O) groups is 1. The lowest BCUT2D eigenvalue weighted by Crippen LogP contribution is -2.27. The summed E-state index contributed by atoms with van der Waals surface area (Å²) in [5.41, 5.74) is 0.826. The lowest BCUT2D eigenvalue weighted by atomic mass is 9.95. The number of hydrogen-bond donors (Lipinski definition) is 1. The second-order valence-electron chi connectivity index (χ2n) is 5.37. The summed E-state index contributed by atoms with van der Waals surface area (Å²) in [5, 5.41) is 10.4. The van der Waals surface area contributed by atoms with Crippen LogP contribution in [-0.2, 0) is 9.53 Å². The molecule has 5 nitrogen and oxygen atoms in total. The van der Waals surface area contributed by atoms with Gasteiger partial charge < -0.3 is 19.5 Å². The molecule has 1 amide bonds. The highest BCUT2D eigenvalue weighted by atomic mass is 16.5. The Morgan fingerprint density at radius 2 is 2.05 bits per heavy atom. The monoisotopic (exact) mass is 293 g/mol. The van der Waals surface area contributed by atoms with E-state index in [4.69, 9.17) is 9.47 Å². The van der Waals surface area contributed by atoms with Crippen molar-refractivity contribution in [3.63, 3.8) is 0 Å². The molecule has 2 rings (SSSR count). The van der Waals surface area contributed by atoms with Crippen LogP contribution >= 0.6 is 0 Å². The summed E-state index contributed by atoms with van der Waals surface area (Å²) in [6.45, 7) is 1.95. The Labute approximate surface area is 125 Å². The average Bonchev–Trinajstić information content (AvgIpc) is 2.88. The van der Waals surface area contributed by atoms with Gasteiger partial charge in [-0.3, -0.25) is 4.79 Å². The van der Waals surface area contributed by atoms with Crippen LogP contribution in [0.4, 0.5) is 0 Å². The van der Waals surface area contributed by atoms with Gasteiger partial charge in [0.25, 0.3) is 0 Å². The van der Waals surface area contributed by atoms with E-state index in [1.807, 2.05) is 29.2 Å². The Morgan fingerprint density at radius 3 is 2.67 bits per heavy atom. The van der Waals surface area contributed by atoms with Gasteiger partial charge in [-0.1, -0.05) is 12.1 Å². The summed E-state index contributed by atoms with van der Waals surface area (Å²) in [6.07, 6.45) is 0.612. The van der Waals surface area contributed by atoms with Gasteiger partial charge in [-0.05, 0) is 24.1 Å². The van der Waals surface area contributed by atoms with Gasteiger partial charge in [-0.15, -0.1) is 0 Å². The number of rotatable bonds is 7. The Balaban J connectivity index is 1.93. The third kappa shape index (κ3) is 3.95. The van der Waals surface area contributed by atoms with Crippen molar-refractivity contribution in [1.82, 2.24) is 4.90 Å². The molecule has 1 aliphatic heterocycles. The number of likely N-dealkylation sites (tertiary alicyclic amines) is 1. The maximum Gasteiger partial charge on any atom is 0.223 e. The van der Waals surface area contributed by atoms with Crippen LogP contribution in [-0.4, -0.2) is 49.8 Å². The minimum absolute atomic E-state index is 0.0477. The standard InChI is InChI=1S/C16H23NO4/c1-20-9-3-8-17-11-13(10-15(17)18)16(19)12-4-6-14(21-2)7-5-12/h4-7,13,16,19H,3,8-11H2,1-2H3. The first-order valence-corrected chi connectivity index (χ1v) is 7.24. The zero-order chi connectivity index (χ0) is 15.2. The smallest absolute Gasteiger partial charge is 0.223 e. The maximum absolute atomic E-state index is 12.0. The first-order valence-electron chi connectivity index (χ1n) is 7.24. The molecule has 2 unspecified atom stereocenters. The number of hydrogen-bond acceptors (Lipinski definition) is 4. The quantitative estimate of drug-likeness (QED) is 0.776. The van der Waals surface area contributed by atoms with E-state index in [1.165, 1.54) is 0 Å². The SMILES string of the molecule is COCCCN1CC(C(O)c2ccc(OC)cc2)CC1=O. The van der Waals surface area contributed by atoms with Crippen molar-refractivity contribution < 1.29 is 19.4 Å². The summed E-state index contributed by atoms with van der Waals surface area (Å²) in [7, 11) is 3.26. The van der Waals surface area contributed by atoms with E-state index in [-0.39, 0.29) is 11.8 Å². The van der Waals surface area contributed by atoms with Crippen molar-refractivity contribution in [3.05, 3.63) is 29.8 Å². The molecule has 0 aliphatic carbocycles. The lowest BCUT2D eigenvalue weighted by Gasteiger charge is -2.20. The van der Waals surface area contributed by atoms with Crippen LogP contribution in [0.15, 0.2) is 24.3 Å². The van der Waals surface area contributed by atoms with Crippen LogP contribution in [0, 0.1) is 5.92 Å². The number of aliphatic hydroxyl groups is 1. The third-order valence-electron chi connectivity index (χ3n) is 3.92. The van der Waals surface area contributed by atoms with Crippen LogP contribution in [0.1, 0.15) is 24.5 Å². The first-order chi connectivity index (χ1) is 10.2. The average molecular weight is 293 g/mol. The van der Waals surface area contributed by atoms with Gasteiger partial charge in [0.05, 0.1) is 13.2 Å². The highest BCUT2D eigenvalue weighted by molar-refractivity contribution is 5.78. The van der Waals surface area contributed by atoms with Gasteiger partial charge in [0.2, 0.25) is 5.91 Å². The molecule has 2 atom stereocenters. The van der Waals surface area contributed by atoms with Crippen molar-refractivity contribution in [2.45, 2.75) is 18.9 Å². The molecule has 1 N–H and O–H groups in total. The van der Waals surface area contributed by atoms with Crippen LogP contribution in [0.5, 0.6) is 5.75 Å². The summed E-state index contributed by atoms with van der Waals surface area (Å²) in [4.78, 5) is 13.8. The van der Waals surface area contributed by atoms with Gasteiger partial charge in [-0.25, -0.2) is 0 Å². The van der Waals surface area contributed by atoms with E-state index in [9.17, 15) is 9.90 Å². The summed E-state index contributed by atoms with van der Waals surface area (Å²) in [5.74, 6) is 0.826. The van der Waals surface area contributed by atoms with E-state index in [0.29, 0.717) is 26.1 Å². The van der Waals surface area contributed by atoms with Crippen molar-refractivity contribution in [2.75, 3.05) is 33.9 Å². The fourth-order valence-electron chi connectivity index (χ4n) is 2.70. The van der Waals surface area contributed by atoms with E-state index in [2.05, 4.69) is 0 Å². The molecule has 1 saturated heterocycles. The fourth-order valence-corrected chi connectivity index (χ4v) is 2.70. The van der Waals surface area contributed by atoms with Crippen LogP contribution < -0.4 is 4.74 Å². The third-order valence-corrected chi connectivity index (χ3v) is 3.92. The summed E-state index contributed by atoms with van der Waals surface area (Å²) in [6, 6.07) is 7.35. The highest BCUT2D eigenvalue weighted by Gasteiger charge is 2.34. The summed E-state index contributed by atoms with van der Waals surface area (Å²) >= 11 is 0.